The average Bonchev–Trinajstić information content (AvgIpc) is 2.70. The van der Waals surface area contributed by atoms with Crippen LogP contribution in [-0.4, -0.2) is 41.4 Å². The van der Waals surface area contributed by atoms with Crippen LogP contribution >= 0.6 is 0 Å². The standard InChI is InChI=1S/C21H20F4N4O2S/c1-12-18-15(9-16(19(12)30-2)29-32-6-3-7-32)26-11-27-20(18)28-14-5-4-13(22)8-17(14)31-10-21(23,24)25/h4-5,8-9,11H,3,6-7,10H2,1-2H3,(H,26,27,28). The highest BCUT2D eigenvalue weighted by atomic mass is 32.2. The first-order valence-corrected chi connectivity index (χ1v) is 11.2. The van der Waals surface area contributed by atoms with Crippen LogP contribution in [0.1, 0.15) is 12.0 Å². The minimum absolute atomic E-state index is 0.0205. The summed E-state index contributed by atoms with van der Waals surface area (Å²) in [5, 5.41) is 3.58. The molecule has 1 N–H and O–H groups in total. The number of alkyl halides is 3. The van der Waals surface area contributed by atoms with E-state index < -0.39 is 18.6 Å². The smallest absolute Gasteiger partial charge is 0.422 e. The highest BCUT2D eigenvalue weighted by molar-refractivity contribution is 7.88. The molecule has 0 radical (unpaired) electrons. The molecule has 1 saturated heterocycles. The summed E-state index contributed by atoms with van der Waals surface area (Å²) in [6.07, 6.45) is -2.06. The van der Waals surface area contributed by atoms with Gasteiger partial charge in [0.2, 0.25) is 0 Å². The fraction of sp³-hybridized carbons (Fsp3) is 0.333. The lowest BCUT2D eigenvalue weighted by molar-refractivity contribution is -0.153. The second-order valence-corrected chi connectivity index (χ2v) is 9.08. The molecule has 1 fully saturated rings. The maximum Gasteiger partial charge on any atom is 0.422 e. The van der Waals surface area contributed by atoms with Gasteiger partial charge in [0.25, 0.3) is 0 Å². The van der Waals surface area contributed by atoms with Crippen molar-refractivity contribution in [3.05, 3.63) is 42.0 Å². The number of nitrogens with one attached hydrogen (secondary N) is 1. The van der Waals surface area contributed by atoms with Gasteiger partial charge in [-0.3, -0.25) is 0 Å². The van der Waals surface area contributed by atoms with Crippen LogP contribution in [0.4, 0.5) is 34.8 Å². The van der Waals surface area contributed by atoms with Crippen LogP contribution in [0.15, 0.2) is 35.0 Å². The number of methoxy groups -OCH3 is 1. The molecule has 170 valence electrons. The molecule has 11 heteroatoms. The number of aryl methyl sites for hydroxylation is 1. The number of benzene rings is 2. The Morgan fingerprint density at radius 2 is 1.97 bits per heavy atom. The van der Waals surface area contributed by atoms with Crippen molar-refractivity contribution in [3.8, 4) is 11.5 Å². The minimum Gasteiger partial charge on any atom is -0.494 e. The Balaban J connectivity index is 1.76. The Labute approximate surface area is 184 Å². The van der Waals surface area contributed by atoms with Crippen LogP contribution in [0.3, 0.4) is 0 Å². The number of hydrogen-bond acceptors (Lipinski definition) is 6. The zero-order valence-electron chi connectivity index (χ0n) is 17.3. The van der Waals surface area contributed by atoms with Gasteiger partial charge in [-0.1, -0.05) is 10.7 Å². The van der Waals surface area contributed by atoms with Gasteiger partial charge in [0, 0.05) is 28.5 Å². The molecule has 3 aromatic rings. The zero-order valence-corrected chi connectivity index (χ0v) is 18.1. The van der Waals surface area contributed by atoms with Crippen molar-refractivity contribution < 1.29 is 27.0 Å². The highest BCUT2D eigenvalue weighted by Crippen LogP contribution is 2.41. The van der Waals surface area contributed by atoms with Gasteiger partial charge in [0.05, 0.1) is 18.3 Å². The van der Waals surface area contributed by atoms with Crippen molar-refractivity contribution in [1.29, 1.82) is 0 Å². The molecule has 0 amide bonds. The Bertz CT molecular complexity index is 1190. The molecule has 0 saturated carbocycles. The Hall–Kier alpha value is -2.95. The zero-order chi connectivity index (χ0) is 22.9. The van der Waals surface area contributed by atoms with E-state index in [0.29, 0.717) is 28.2 Å². The van der Waals surface area contributed by atoms with Gasteiger partial charge in [0.15, 0.2) is 6.61 Å². The Morgan fingerprint density at radius 1 is 1.19 bits per heavy atom. The van der Waals surface area contributed by atoms with Crippen LogP contribution in [0.5, 0.6) is 11.5 Å². The molecule has 4 rings (SSSR count). The van der Waals surface area contributed by atoms with Crippen LogP contribution in [-0.2, 0) is 10.7 Å². The van der Waals surface area contributed by atoms with Crippen LogP contribution in [0.25, 0.3) is 10.9 Å². The lowest BCUT2D eigenvalue weighted by Crippen LogP contribution is -2.19. The molecule has 1 aromatic heterocycles. The molecule has 6 nitrogen and oxygen atoms in total. The summed E-state index contributed by atoms with van der Waals surface area (Å²) in [6, 6.07) is 5.12. The van der Waals surface area contributed by atoms with Gasteiger partial charge >= 0.3 is 6.18 Å². The summed E-state index contributed by atoms with van der Waals surface area (Å²) in [4.78, 5) is 8.58. The molecule has 1 aliphatic rings. The molecule has 0 bridgehead atoms. The molecule has 0 aliphatic carbocycles. The summed E-state index contributed by atoms with van der Waals surface area (Å²) >= 11 is 0. The third-order valence-electron chi connectivity index (χ3n) is 4.88. The molecule has 2 heterocycles. The second-order valence-electron chi connectivity index (χ2n) is 7.16. The van der Waals surface area contributed by atoms with Crippen LogP contribution in [0, 0.1) is 12.7 Å². The van der Waals surface area contributed by atoms with Gasteiger partial charge in [-0.15, -0.1) is 0 Å². The maximum absolute atomic E-state index is 13.7. The fourth-order valence-electron chi connectivity index (χ4n) is 3.31. The molecule has 0 atom stereocenters. The first-order valence-electron chi connectivity index (χ1n) is 9.73. The number of rotatable bonds is 6. The molecule has 0 unspecified atom stereocenters. The van der Waals surface area contributed by atoms with Crippen molar-refractivity contribution in [2.45, 2.75) is 19.5 Å². The van der Waals surface area contributed by atoms with E-state index in [-0.39, 0.29) is 22.1 Å². The lowest BCUT2D eigenvalue weighted by atomic mass is 10.1. The summed E-state index contributed by atoms with van der Waals surface area (Å²) in [6.45, 7) is 0.291. The van der Waals surface area contributed by atoms with E-state index in [2.05, 4.69) is 15.3 Å². The van der Waals surface area contributed by atoms with Gasteiger partial charge in [-0.2, -0.15) is 13.2 Å². The summed E-state index contributed by atoms with van der Waals surface area (Å²) in [5.74, 6) is 2.02. The normalized spacial score (nSPS) is 14.2. The molecule has 2 aromatic carbocycles. The number of hydrogen-bond donors (Lipinski definition) is 1. The summed E-state index contributed by atoms with van der Waals surface area (Å²) in [5.41, 5.74) is 2.18. The average molecular weight is 468 g/mol. The van der Waals surface area contributed by atoms with E-state index >= 15 is 0 Å². The van der Waals surface area contributed by atoms with Crippen LogP contribution < -0.4 is 14.8 Å². The molecule has 0 spiro atoms. The largest absolute Gasteiger partial charge is 0.494 e. The van der Waals surface area contributed by atoms with Crippen molar-refractivity contribution in [2.24, 2.45) is 4.36 Å². The van der Waals surface area contributed by atoms with Gasteiger partial charge in [-0.05, 0) is 31.5 Å². The third kappa shape index (κ3) is 4.77. The quantitative estimate of drug-likeness (QED) is 0.477. The summed E-state index contributed by atoms with van der Waals surface area (Å²) < 4.78 is 66.7. The number of aromatic nitrogens is 2. The van der Waals surface area contributed by atoms with E-state index in [1.54, 1.807) is 7.11 Å². The summed E-state index contributed by atoms with van der Waals surface area (Å²) in [7, 11) is 1.53. The van der Waals surface area contributed by atoms with Crippen molar-refractivity contribution in [2.75, 3.05) is 30.5 Å². The van der Waals surface area contributed by atoms with E-state index in [0.717, 1.165) is 35.6 Å². The number of anilines is 2. The predicted octanol–water partition coefficient (Wildman–Crippen LogP) is 5.61. The Kier molecular flexibility index (Phi) is 6.18. The molecular formula is C21H20F4N4O2S. The lowest BCUT2D eigenvalue weighted by Gasteiger charge is -2.19. The van der Waals surface area contributed by atoms with E-state index in [1.165, 1.54) is 12.4 Å². The first-order chi connectivity index (χ1) is 15.2. The van der Waals surface area contributed by atoms with Gasteiger partial charge in [-0.25, -0.2) is 18.7 Å². The maximum atomic E-state index is 13.7. The fourth-order valence-corrected chi connectivity index (χ4v) is 4.45. The number of fused-ring (bicyclic) bond motifs is 1. The number of ether oxygens (including phenoxy) is 2. The van der Waals surface area contributed by atoms with Gasteiger partial charge in [0.1, 0.15) is 35.1 Å². The third-order valence-corrected chi connectivity index (χ3v) is 6.85. The SMILES string of the molecule is COc1c(N=S2CCC2)cc2ncnc(Nc3ccc(F)cc3OCC(F)(F)F)c2c1C. The molecular weight excluding hydrogens is 448 g/mol. The van der Waals surface area contributed by atoms with Gasteiger partial charge < -0.3 is 14.8 Å². The topological polar surface area (TPSA) is 68.6 Å². The van der Waals surface area contributed by atoms with Crippen molar-refractivity contribution in [1.82, 2.24) is 9.97 Å². The number of halogens is 4. The van der Waals surface area contributed by atoms with E-state index in [4.69, 9.17) is 13.8 Å². The molecule has 1 aliphatic heterocycles. The predicted molar refractivity (Wildman–Crippen MR) is 116 cm³/mol. The monoisotopic (exact) mass is 468 g/mol. The number of nitrogens with zero attached hydrogens (tertiary/aromatic N) is 3. The second kappa shape index (κ2) is 8.89. The van der Waals surface area contributed by atoms with Crippen molar-refractivity contribution in [3.63, 3.8) is 0 Å². The van der Waals surface area contributed by atoms with Crippen molar-refractivity contribution >= 4 is 38.8 Å². The minimum atomic E-state index is -4.56. The Morgan fingerprint density at radius 3 is 2.62 bits per heavy atom. The highest BCUT2D eigenvalue weighted by Gasteiger charge is 2.29. The van der Waals surface area contributed by atoms with E-state index in [9.17, 15) is 17.6 Å². The van der Waals surface area contributed by atoms with E-state index in [1.807, 2.05) is 13.0 Å². The van der Waals surface area contributed by atoms with Crippen LogP contribution in [0.2, 0.25) is 0 Å². The molecule has 32 heavy (non-hydrogen) atoms. The first kappa shape index (κ1) is 22.3.